The second-order valence-electron chi connectivity index (χ2n) is 4.57. The van der Waals surface area contributed by atoms with Crippen molar-refractivity contribution in [2.75, 3.05) is 0 Å². The first-order valence-electron chi connectivity index (χ1n) is 6.30. The van der Waals surface area contributed by atoms with Crippen molar-refractivity contribution in [3.8, 4) is 11.8 Å². The molecule has 0 saturated heterocycles. The standard InChI is InChI=1S/C16H13ClFNO2/c1-10(20)11-3-5-16(15(17)7-11)21-9-13-6-14(18)4-2-12(13)8-19/h2-7,10,20H,9H2,1H3/t10-/m1/s1. The van der Waals surface area contributed by atoms with E-state index in [2.05, 4.69) is 0 Å². The molecule has 2 rings (SSSR count). The van der Waals surface area contributed by atoms with Crippen LogP contribution in [0.15, 0.2) is 36.4 Å². The summed E-state index contributed by atoms with van der Waals surface area (Å²) >= 11 is 6.07. The van der Waals surface area contributed by atoms with Crippen LogP contribution in [0, 0.1) is 17.1 Å². The molecule has 2 aromatic carbocycles. The summed E-state index contributed by atoms with van der Waals surface area (Å²) < 4.78 is 18.7. The zero-order valence-electron chi connectivity index (χ0n) is 11.3. The maximum absolute atomic E-state index is 13.2. The molecule has 5 heteroatoms. The molecule has 0 saturated carbocycles. The van der Waals surface area contributed by atoms with Gasteiger partial charge in [0.1, 0.15) is 18.2 Å². The summed E-state index contributed by atoms with van der Waals surface area (Å²) in [7, 11) is 0. The van der Waals surface area contributed by atoms with Crippen molar-refractivity contribution in [2.24, 2.45) is 0 Å². The van der Waals surface area contributed by atoms with E-state index in [-0.39, 0.29) is 6.61 Å². The third-order valence-corrected chi connectivity index (χ3v) is 3.30. The fourth-order valence-corrected chi connectivity index (χ4v) is 2.08. The van der Waals surface area contributed by atoms with Crippen LogP contribution in [0.3, 0.4) is 0 Å². The molecular formula is C16H13ClFNO2. The van der Waals surface area contributed by atoms with Gasteiger partial charge < -0.3 is 9.84 Å². The molecule has 0 bridgehead atoms. The van der Waals surface area contributed by atoms with Gasteiger partial charge in [0.15, 0.2) is 0 Å². The van der Waals surface area contributed by atoms with Crippen molar-refractivity contribution in [2.45, 2.75) is 19.6 Å². The van der Waals surface area contributed by atoms with E-state index in [1.807, 2.05) is 6.07 Å². The molecule has 0 aliphatic rings. The van der Waals surface area contributed by atoms with Crippen LogP contribution in [-0.4, -0.2) is 5.11 Å². The first kappa shape index (κ1) is 15.3. The highest BCUT2D eigenvalue weighted by atomic mass is 35.5. The van der Waals surface area contributed by atoms with E-state index in [9.17, 15) is 9.50 Å². The number of halogens is 2. The third-order valence-electron chi connectivity index (χ3n) is 3.01. The average molecular weight is 306 g/mol. The summed E-state index contributed by atoms with van der Waals surface area (Å²) in [5.41, 5.74) is 1.48. The van der Waals surface area contributed by atoms with Crippen LogP contribution in [0.1, 0.15) is 29.7 Å². The monoisotopic (exact) mass is 305 g/mol. The van der Waals surface area contributed by atoms with E-state index in [0.29, 0.717) is 27.5 Å². The molecule has 0 amide bonds. The summed E-state index contributed by atoms with van der Waals surface area (Å²) in [5, 5.41) is 18.8. The number of nitriles is 1. The Morgan fingerprint density at radius 1 is 1.33 bits per heavy atom. The lowest BCUT2D eigenvalue weighted by molar-refractivity contribution is 0.199. The average Bonchev–Trinajstić information content (AvgIpc) is 2.46. The molecule has 21 heavy (non-hydrogen) atoms. The molecule has 0 radical (unpaired) electrons. The van der Waals surface area contributed by atoms with Gasteiger partial charge in [0.2, 0.25) is 0 Å². The van der Waals surface area contributed by atoms with Gasteiger partial charge in [0, 0.05) is 5.56 Å². The molecule has 0 spiro atoms. The topological polar surface area (TPSA) is 53.2 Å². The van der Waals surface area contributed by atoms with Gasteiger partial charge in [-0.25, -0.2) is 4.39 Å². The van der Waals surface area contributed by atoms with Crippen LogP contribution in [-0.2, 0) is 6.61 Å². The first-order chi connectivity index (χ1) is 10.0. The molecule has 0 unspecified atom stereocenters. The minimum atomic E-state index is -0.620. The molecule has 1 N–H and O–H groups in total. The van der Waals surface area contributed by atoms with Crippen LogP contribution >= 0.6 is 11.6 Å². The van der Waals surface area contributed by atoms with Crippen LogP contribution in [0.5, 0.6) is 5.75 Å². The molecule has 0 heterocycles. The van der Waals surface area contributed by atoms with Gasteiger partial charge in [-0.15, -0.1) is 0 Å². The quantitative estimate of drug-likeness (QED) is 0.929. The number of benzene rings is 2. The number of hydrogen-bond acceptors (Lipinski definition) is 3. The summed E-state index contributed by atoms with van der Waals surface area (Å²) in [6.45, 7) is 1.67. The van der Waals surface area contributed by atoms with Crippen LogP contribution < -0.4 is 4.74 Å². The Kier molecular flexibility index (Phi) is 4.79. The molecule has 0 aliphatic heterocycles. The van der Waals surface area contributed by atoms with E-state index < -0.39 is 11.9 Å². The number of rotatable bonds is 4. The third kappa shape index (κ3) is 3.72. The van der Waals surface area contributed by atoms with Crippen molar-refractivity contribution in [1.29, 1.82) is 5.26 Å². The van der Waals surface area contributed by atoms with E-state index in [1.54, 1.807) is 25.1 Å². The van der Waals surface area contributed by atoms with Gasteiger partial charge in [-0.2, -0.15) is 5.26 Å². The van der Waals surface area contributed by atoms with Gasteiger partial charge >= 0.3 is 0 Å². The summed E-state index contributed by atoms with van der Waals surface area (Å²) in [4.78, 5) is 0. The highest BCUT2D eigenvalue weighted by Crippen LogP contribution is 2.28. The van der Waals surface area contributed by atoms with Crippen LogP contribution in [0.4, 0.5) is 4.39 Å². The van der Waals surface area contributed by atoms with E-state index >= 15 is 0 Å². The molecule has 3 nitrogen and oxygen atoms in total. The van der Waals surface area contributed by atoms with Gasteiger partial charge in [-0.05, 0) is 42.8 Å². The lowest BCUT2D eigenvalue weighted by Gasteiger charge is -2.11. The Balaban J connectivity index is 2.17. The molecule has 0 aliphatic carbocycles. The zero-order valence-corrected chi connectivity index (χ0v) is 12.1. The van der Waals surface area contributed by atoms with Gasteiger partial charge in [-0.3, -0.25) is 0 Å². The number of nitrogens with zero attached hydrogens (tertiary/aromatic N) is 1. The predicted molar refractivity (Wildman–Crippen MR) is 77.5 cm³/mol. The predicted octanol–water partition coefficient (Wildman–Crippen LogP) is 3.98. The fraction of sp³-hybridized carbons (Fsp3) is 0.188. The minimum absolute atomic E-state index is 0.0361. The van der Waals surface area contributed by atoms with Crippen molar-refractivity contribution < 1.29 is 14.2 Å². The maximum atomic E-state index is 13.2. The first-order valence-corrected chi connectivity index (χ1v) is 6.68. The van der Waals surface area contributed by atoms with Crippen LogP contribution in [0.2, 0.25) is 5.02 Å². The highest BCUT2D eigenvalue weighted by molar-refractivity contribution is 6.32. The molecule has 108 valence electrons. The maximum Gasteiger partial charge on any atom is 0.138 e. The summed E-state index contributed by atoms with van der Waals surface area (Å²) in [6.07, 6.45) is -0.620. The Labute approximate surface area is 127 Å². The minimum Gasteiger partial charge on any atom is -0.487 e. The summed E-state index contributed by atoms with van der Waals surface area (Å²) in [6, 6.07) is 10.8. The van der Waals surface area contributed by atoms with Crippen molar-refractivity contribution in [1.82, 2.24) is 0 Å². The normalized spacial score (nSPS) is 11.8. The lowest BCUT2D eigenvalue weighted by atomic mass is 10.1. The molecule has 2 aromatic rings. The Morgan fingerprint density at radius 2 is 2.10 bits per heavy atom. The van der Waals surface area contributed by atoms with Crippen molar-refractivity contribution in [3.63, 3.8) is 0 Å². The van der Waals surface area contributed by atoms with E-state index in [0.717, 1.165) is 0 Å². The number of ether oxygens (including phenoxy) is 1. The second-order valence-corrected chi connectivity index (χ2v) is 4.97. The molecule has 0 fully saturated rings. The van der Waals surface area contributed by atoms with E-state index in [4.69, 9.17) is 21.6 Å². The SMILES string of the molecule is C[C@@H](O)c1ccc(OCc2cc(F)ccc2C#N)c(Cl)c1. The Morgan fingerprint density at radius 3 is 2.71 bits per heavy atom. The summed E-state index contributed by atoms with van der Waals surface area (Å²) in [5.74, 6) is -0.0163. The molecule has 0 aromatic heterocycles. The second kappa shape index (κ2) is 6.57. The van der Waals surface area contributed by atoms with Gasteiger partial charge in [0.05, 0.1) is 22.8 Å². The molecule has 1 atom stereocenters. The van der Waals surface area contributed by atoms with Gasteiger partial charge in [-0.1, -0.05) is 17.7 Å². The molecular weight excluding hydrogens is 293 g/mol. The number of hydrogen-bond donors (Lipinski definition) is 1. The van der Waals surface area contributed by atoms with E-state index in [1.165, 1.54) is 18.2 Å². The Hall–Kier alpha value is -2.09. The Bertz CT molecular complexity index is 695. The number of aliphatic hydroxyl groups excluding tert-OH is 1. The highest BCUT2D eigenvalue weighted by Gasteiger charge is 2.09. The lowest BCUT2D eigenvalue weighted by Crippen LogP contribution is -2.00. The smallest absolute Gasteiger partial charge is 0.138 e. The number of aliphatic hydroxyl groups is 1. The van der Waals surface area contributed by atoms with Gasteiger partial charge in [0.25, 0.3) is 0 Å². The largest absolute Gasteiger partial charge is 0.487 e. The zero-order chi connectivity index (χ0) is 15.4. The van der Waals surface area contributed by atoms with Crippen LogP contribution in [0.25, 0.3) is 0 Å². The van der Waals surface area contributed by atoms with Crippen molar-refractivity contribution >= 4 is 11.6 Å². The van der Waals surface area contributed by atoms with Crippen molar-refractivity contribution in [3.05, 3.63) is 63.9 Å². The fourth-order valence-electron chi connectivity index (χ4n) is 1.84.